The molecule has 0 spiro atoms. The molecule has 5 atom stereocenters. The molecule has 2 aliphatic rings. The lowest BCUT2D eigenvalue weighted by atomic mass is 10.1. The first-order valence-corrected chi connectivity index (χ1v) is 13.1. The molecule has 2 saturated heterocycles. The molecule has 6 heteroatoms. The second kappa shape index (κ2) is 7.82. The topological polar surface area (TPSA) is 46.2 Å². The highest BCUT2D eigenvalue weighted by molar-refractivity contribution is 6.74. The Kier molecular flexibility index (Phi) is 6.12. The number of ether oxygens (including phenoxy) is 4. The van der Waals surface area contributed by atoms with Crippen LogP contribution in [0.4, 0.5) is 0 Å². The maximum Gasteiger partial charge on any atom is 0.192 e. The molecule has 0 saturated carbocycles. The molecule has 0 amide bonds. The smallest absolute Gasteiger partial charge is 0.192 e. The van der Waals surface area contributed by atoms with Gasteiger partial charge in [0.15, 0.2) is 20.4 Å². The van der Waals surface area contributed by atoms with Crippen molar-refractivity contribution in [3.8, 4) is 0 Å². The first-order valence-electron chi connectivity index (χ1n) is 10.2. The minimum Gasteiger partial charge on any atom is -0.411 e. The summed E-state index contributed by atoms with van der Waals surface area (Å²) < 4.78 is 31.3. The van der Waals surface area contributed by atoms with Gasteiger partial charge in [0.2, 0.25) is 0 Å². The second-order valence-corrected chi connectivity index (χ2v) is 14.7. The van der Waals surface area contributed by atoms with E-state index in [1.165, 1.54) is 0 Å². The number of rotatable bonds is 6. The van der Waals surface area contributed by atoms with Gasteiger partial charge >= 0.3 is 0 Å². The molecule has 3 rings (SSSR count). The molecular formula is C22H36O5Si. The van der Waals surface area contributed by atoms with Gasteiger partial charge in [0.25, 0.3) is 0 Å². The van der Waals surface area contributed by atoms with Crippen LogP contribution in [0.5, 0.6) is 0 Å². The molecule has 1 aromatic carbocycles. The Bertz CT molecular complexity index is 655. The van der Waals surface area contributed by atoms with Crippen LogP contribution in [-0.2, 0) is 30.0 Å². The van der Waals surface area contributed by atoms with E-state index in [1.807, 2.05) is 32.0 Å². The SMILES string of the molecule is C[C@@H](O[Si](C)(C)C(C)(C)C)[C@H]1O[C@@H]2OC(C)(C)O[C@@H]2[C@@H]1OCc1ccccc1. The van der Waals surface area contributed by atoms with Gasteiger partial charge in [-0.15, -0.1) is 0 Å². The Morgan fingerprint density at radius 3 is 2.36 bits per heavy atom. The van der Waals surface area contributed by atoms with E-state index in [9.17, 15) is 0 Å². The van der Waals surface area contributed by atoms with E-state index in [-0.39, 0.29) is 29.5 Å². The van der Waals surface area contributed by atoms with Gasteiger partial charge in [-0.3, -0.25) is 0 Å². The third-order valence-corrected chi connectivity index (χ3v) is 10.6. The van der Waals surface area contributed by atoms with Crippen molar-refractivity contribution in [3.05, 3.63) is 35.9 Å². The number of hydrogen-bond acceptors (Lipinski definition) is 5. The van der Waals surface area contributed by atoms with Crippen LogP contribution < -0.4 is 0 Å². The second-order valence-electron chi connectivity index (χ2n) is 9.91. The lowest BCUT2D eigenvalue weighted by Gasteiger charge is -2.40. The molecule has 2 fully saturated rings. The van der Waals surface area contributed by atoms with E-state index >= 15 is 0 Å². The molecule has 0 unspecified atom stereocenters. The van der Waals surface area contributed by atoms with Crippen LogP contribution in [0.1, 0.15) is 47.1 Å². The van der Waals surface area contributed by atoms with Gasteiger partial charge in [0.05, 0.1) is 12.7 Å². The minimum absolute atomic E-state index is 0.109. The predicted molar refractivity (Wildman–Crippen MR) is 111 cm³/mol. The van der Waals surface area contributed by atoms with Crippen molar-refractivity contribution in [3.63, 3.8) is 0 Å². The van der Waals surface area contributed by atoms with E-state index in [1.54, 1.807) is 0 Å². The molecule has 158 valence electrons. The van der Waals surface area contributed by atoms with Gasteiger partial charge < -0.3 is 23.4 Å². The lowest BCUT2D eigenvalue weighted by Crippen LogP contribution is -2.49. The molecule has 0 aromatic heterocycles. The fraction of sp³-hybridized carbons (Fsp3) is 0.727. The van der Waals surface area contributed by atoms with Crippen molar-refractivity contribution in [2.45, 2.75) is 103 Å². The predicted octanol–water partition coefficient (Wildman–Crippen LogP) is 4.86. The van der Waals surface area contributed by atoms with Gasteiger partial charge in [-0.05, 0) is 44.5 Å². The van der Waals surface area contributed by atoms with Gasteiger partial charge in [-0.25, -0.2) is 0 Å². The largest absolute Gasteiger partial charge is 0.411 e. The van der Waals surface area contributed by atoms with Crippen molar-refractivity contribution >= 4 is 8.32 Å². The van der Waals surface area contributed by atoms with Gasteiger partial charge in [0, 0.05) is 0 Å². The van der Waals surface area contributed by atoms with Crippen molar-refractivity contribution in [1.29, 1.82) is 0 Å². The summed E-state index contributed by atoms with van der Waals surface area (Å²) in [6.45, 7) is 17.7. The Morgan fingerprint density at radius 1 is 1.11 bits per heavy atom. The first-order chi connectivity index (χ1) is 12.9. The van der Waals surface area contributed by atoms with Crippen molar-refractivity contribution in [2.24, 2.45) is 0 Å². The first kappa shape index (κ1) is 21.9. The summed E-state index contributed by atoms with van der Waals surface area (Å²) in [7, 11) is -1.93. The standard InChI is InChI=1S/C22H36O5Si/c1-15(27-28(7,8)21(2,3)4)17-18(23-14-16-12-10-9-11-13-16)19-20(24-17)26-22(5,6)25-19/h9-13,15,17-20H,14H2,1-8H3/t15-,17-,18-,19-,20-/m1/s1. The zero-order valence-corrected chi connectivity index (χ0v) is 19.5. The van der Waals surface area contributed by atoms with E-state index in [0.29, 0.717) is 6.61 Å². The summed E-state index contributed by atoms with van der Waals surface area (Å²) in [5.74, 6) is -0.668. The number of hydrogen-bond donors (Lipinski definition) is 0. The fourth-order valence-corrected chi connectivity index (χ4v) is 4.96. The Labute approximate surface area is 170 Å². The molecular weight excluding hydrogens is 372 g/mol. The third-order valence-electron chi connectivity index (χ3n) is 6.06. The monoisotopic (exact) mass is 408 g/mol. The number of fused-ring (bicyclic) bond motifs is 1. The highest BCUT2D eigenvalue weighted by Crippen LogP contribution is 2.43. The average molecular weight is 409 g/mol. The summed E-state index contributed by atoms with van der Waals surface area (Å²) in [6.07, 6.45) is -1.27. The Hall–Kier alpha value is -0.763. The minimum atomic E-state index is -1.93. The molecule has 2 aliphatic heterocycles. The summed E-state index contributed by atoms with van der Waals surface area (Å²) in [4.78, 5) is 0. The summed E-state index contributed by atoms with van der Waals surface area (Å²) in [5.41, 5.74) is 1.13. The fourth-order valence-electron chi connectivity index (χ4n) is 3.55. The third kappa shape index (κ3) is 4.69. The van der Waals surface area contributed by atoms with Crippen LogP contribution in [0.2, 0.25) is 18.1 Å². The van der Waals surface area contributed by atoms with Crippen LogP contribution in [0.25, 0.3) is 0 Å². The molecule has 2 heterocycles. The van der Waals surface area contributed by atoms with Crippen LogP contribution in [-0.4, -0.2) is 44.8 Å². The quantitative estimate of drug-likeness (QED) is 0.629. The molecule has 5 nitrogen and oxygen atoms in total. The van der Waals surface area contributed by atoms with E-state index in [0.717, 1.165) is 5.56 Å². The zero-order valence-electron chi connectivity index (χ0n) is 18.5. The number of benzene rings is 1. The van der Waals surface area contributed by atoms with Gasteiger partial charge in [0.1, 0.15) is 18.3 Å². The lowest BCUT2D eigenvalue weighted by molar-refractivity contribution is -0.228. The molecule has 0 aliphatic carbocycles. The highest BCUT2D eigenvalue weighted by atomic mass is 28.4. The summed E-state index contributed by atoms with van der Waals surface area (Å²) in [6, 6.07) is 10.2. The normalized spacial score (nSPS) is 31.0. The van der Waals surface area contributed by atoms with Crippen LogP contribution in [0.3, 0.4) is 0 Å². The van der Waals surface area contributed by atoms with Crippen LogP contribution >= 0.6 is 0 Å². The van der Waals surface area contributed by atoms with Crippen LogP contribution in [0.15, 0.2) is 30.3 Å². The zero-order chi connectivity index (χ0) is 20.7. The molecule has 0 bridgehead atoms. The molecule has 1 aromatic rings. The Morgan fingerprint density at radius 2 is 1.75 bits per heavy atom. The highest BCUT2D eigenvalue weighted by Gasteiger charge is 2.57. The van der Waals surface area contributed by atoms with Crippen molar-refractivity contribution in [2.75, 3.05) is 0 Å². The van der Waals surface area contributed by atoms with Crippen LogP contribution in [0, 0.1) is 0 Å². The van der Waals surface area contributed by atoms with E-state index in [4.69, 9.17) is 23.4 Å². The maximum absolute atomic E-state index is 6.61. The van der Waals surface area contributed by atoms with Gasteiger partial charge in [-0.1, -0.05) is 51.1 Å². The molecule has 28 heavy (non-hydrogen) atoms. The Balaban J connectivity index is 1.75. The van der Waals surface area contributed by atoms with Gasteiger partial charge in [-0.2, -0.15) is 0 Å². The average Bonchev–Trinajstić information content (AvgIpc) is 3.04. The van der Waals surface area contributed by atoms with Crippen molar-refractivity contribution < 1.29 is 23.4 Å². The molecule has 0 radical (unpaired) electrons. The van der Waals surface area contributed by atoms with Crippen molar-refractivity contribution in [1.82, 2.24) is 0 Å². The van der Waals surface area contributed by atoms with E-state index < -0.39 is 20.4 Å². The summed E-state index contributed by atoms with van der Waals surface area (Å²) in [5, 5.41) is 0.130. The summed E-state index contributed by atoms with van der Waals surface area (Å²) >= 11 is 0. The maximum atomic E-state index is 6.61. The van der Waals surface area contributed by atoms with E-state index in [2.05, 4.69) is 52.9 Å². The molecule has 0 N–H and O–H groups in total.